The highest BCUT2D eigenvalue weighted by molar-refractivity contribution is 5.95. The first-order valence-electron chi connectivity index (χ1n) is 6.73. The maximum atomic E-state index is 11.4. The van der Waals surface area contributed by atoms with Crippen LogP contribution in [0.3, 0.4) is 0 Å². The summed E-state index contributed by atoms with van der Waals surface area (Å²) in [6.45, 7) is 1.23. The largest absolute Gasteiger partial charge is 0.491 e. The van der Waals surface area contributed by atoms with Crippen LogP contribution in [0.2, 0.25) is 0 Å². The van der Waals surface area contributed by atoms with Gasteiger partial charge in [0.05, 0.1) is 12.3 Å². The number of amides is 1. The fraction of sp³-hybridized carbons (Fsp3) is 0.500. The van der Waals surface area contributed by atoms with Gasteiger partial charge in [-0.05, 0) is 37.3 Å². The number of benzene rings is 1. The Morgan fingerprint density at radius 3 is 3.00 bits per heavy atom. The molecule has 0 radical (unpaired) electrons. The van der Waals surface area contributed by atoms with E-state index in [0.717, 1.165) is 42.7 Å². The zero-order valence-electron chi connectivity index (χ0n) is 10.9. The Morgan fingerprint density at radius 2 is 2.16 bits per heavy atom. The predicted molar refractivity (Wildman–Crippen MR) is 72.5 cm³/mol. The molecule has 0 saturated heterocycles. The molecule has 0 aromatic heterocycles. The third kappa shape index (κ3) is 3.94. The maximum Gasteiger partial charge on any atom is 0.224 e. The van der Waals surface area contributed by atoms with Crippen LogP contribution in [-0.2, 0) is 11.2 Å². The number of hydroxylamine groups is 1. The first kappa shape index (κ1) is 13.8. The first-order chi connectivity index (χ1) is 9.31. The molecule has 1 aromatic rings. The van der Waals surface area contributed by atoms with Gasteiger partial charge in [0.1, 0.15) is 5.75 Å². The molecule has 1 aliphatic rings. The van der Waals surface area contributed by atoms with E-state index in [4.69, 9.17) is 9.94 Å². The Balaban J connectivity index is 1.85. The minimum absolute atomic E-state index is 0.0533. The average Bonchev–Trinajstić information content (AvgIpc) is 2.43. The van der Waals surface area contributed by atoms with Crippen molar-refractivity contribution in [2.75, 3.05) is 18.5 Å². The SMILES string of the molecule is O=C1CCc2cccc(OCCCCCNO)c2N1. The molecule has 0 bridgehead atoms. The van der Waals surface area contributed by atoms with Crippen LogP contribution in [0, 0.1) is 0 Å². The van der Waals surface area contributed by atoms with Crippen molar-refractivity contribution in [3.05, 3.63) is 23.8 Å². The number of nitrogens with one attached hydrogen (secondary N) is 2. The quantitative estimate of drug-likeness (QED) is 0.521. The van der Waals surface area contributed by atoms with E-state index in [1.165, 1.54) is 0 Å². The number of ether oxygens (including phenoxy) is 1. The van der Waals surface area contributed by atoms with Crippen LogP contribution in [0.4, 0.5) is 5.69 Å². The number of unbranched alkanes of at least 4 members (excludes halogenated alkanes) is 2. The molecule has 3 N–H and O–H groups in total. The molecule has 0 saturated carbocycles. The van der Waals surface area contributed by atoms with Crippen LogP contribution in [0.5, 0.6) is 5.75 Å². The van der Waals surface area contributed by atoms with Crippen LogP contribution in [-0.4, -0.2) is 24.3 Å². The van der Waals surface area contributed by atoms with E-state index in [0.29, 0.717) is 19.6 Å². The Hall–Kier alpha value is -1.59. The molecular formula is C14H20N2O3. The van der Waals surface area contributed by atoms with Gasteiger partial charge in [0.2, 0.25) is 5.91 Å². The van der Waals surface area contributed by atoms with Crippen LogP contribution in [0.25, 0.3) is 0 Å². The van der Waals surface area contributed by atoms with Gasteiger partial charge in [-0.15, -0.1) is 0 Å². The molecule has 0 fully saturated rings. The summed E-state index contributed by atoms with van der Waals surface area (Å²) in [5, 5.41) is 11.3. The maximum absolute atomic E-state index is 11.4. The second-order valence-corrected chi connectivity index (χ2v) is 4.66. The van der Waals surface area contributed by atoms with E-state index in [1.54, 1.807) is 0 Å². The van der Waals surface area contributed by atoms with Crippen molar-refractivity contribution in [1.82, 2.24) is 5.48 Å². The van der Waals surface area contributed by atoms with E-state index in [9.17, 15) is 4.79 Å². The highest BCUT2D eigenvalue weighted by Gasteiger charge is 2.18. The number of fused-ring (bicyclic) bond motifs is 1. The van der Waals surface area contributed by atoms with Crippen LogP contribution in [0.15, 0.2) is 18.2 Å². The second kappa shape index (κ2) is 7.11. The lowest BCUT2D eigenvalue weighted by atomic mass is 10.0. The van der Waals surface area contributed by atoms with E-state index >= 15 is 0 Å². The second-order valence-electron chi connectivity index (χ2n) is 4.66. The molecule has 19 heavy (non-hydrogen) atoms. The minimum atomic E-state index is 0.0533. The van der Waals surface area contributed by atoms with Crippen molar-refractivity contribution < 1.29 is 14.7 Å². The number of anilines is 1. The number of rotatable bonds is 7. The van der Waals surface area contributed by atoms with Crippen LogP contribution < -0.4 is 15.5 Å². The van der Waals surface area contributed by atoms with Gasteiger partial charge in [-0.3, -0.25) is 4.79 Å². The van der Waals surface area contributed by atoms with Crippen molar-refractivity contribution in [3.63, 3.8) is 0 Å². The molecule has 2 rings (SSSR count). The van der Waals surface area contributed by atoms with Gasteiger partial charge < -0.3 is 15.3 Å². The molecule has 0 aliphatic carbocycles. The number of carbonyl (C=O) groups excluding carboxylic acids is 1. The summed E-state index contributed by atoms with van der Waals surface area (Å²) >= 11 is 0. The summed E-state index contributed by atoms with van der Waals surface area (Å²) in [6, 6.07) is 5.87. The molecule has 0 atom stereocenters. The summed E-state index contributed by atoms with van der Waals surface area (Å²) in [7, 11) is 0. The topological polar surface area (TPSA) is 70.6 Å². The first-order valence-corrected chi connectivity index (χ1v) is 6.73. The Bertz CT molecular complexity index is 435. The molecule has 1 aliphatic heterocycles. The van der Waals surface area contributed by atoms with Crippen molar-refractivity contribution in [3.8, 4) is 5.75 Å². The monoisotopic (exact) mass is 264 g/mol. The molecule has 0 unspecified atom stereocenters. The summed E-state index contributed by atoms with van der Waals surface area (Å²) < 4.78 is 5.74. The lowest BCUT2D eigenvalue weighted by molar-refractivity contribution is -0.116. The van der Waals surface area contributed by atoms with Gasteiger partial charge in [0.25, 0.3) is 0 Å². The molecule has 0 spiro atoms. The van der Waals surface area contributed by atoms with Gasteiger partial charge >= 0.3 is 0 Å². The van der Waals surface area contributed by atoms with E-state index in [2.05, 4.69) is 10.8 Å². The highest BCUT2D eigenvalue weighted by atomic mass is 16.5. The Kier molecular flexibility index (Phi) is 5.18. The van der Waals surface area contributed by atoms with Gasteiger partial charge in [-0.25, -0.2) is 5.48 Å². The van der Waals surface area contributed by atoms with Gasteiger partial charge in [0.15, 0.2) is 0 Å². The zero-order chi connectivity index (χ0) is 13.5. The standard InChI is InChI=1S/C14H20N2O3/c17-13-8-7-11-5-4-6-12(14(11)16-13)19-10-3-1-2-9-15-18/h4-6,15,18H,1-3,7-10H2,(H,16,17). The fourth-order valence-electron chi connectivity index (χ4n) is 2.16. The number of hydrogen-bond donors (Lipinski definition) is 3. The summed E-state index contributed by atoms with van der Waals surface area (Å²) in [5.74, 6) is 0.809. The number of para-hydroxylation sites is 1. The smallest absolute Gasteiger partial charge is 0.224 e. The lowest BCUT2D eigenvalue weighted by Gasteiger charge is -2.20. The molecule has 1 heterocycles. The third-order valence-electron chi connectivity index (χ3n) is 3.19. The molecule has 1 amide bonds. The van der Waals surface area contributed by atoms with Crippen LogP contribution in [0.1, 0.15) is 31.2 Å². The average molecular weight is 264 g/mol. The highest BCUT2D eigenvalue weighted by Crippen LogP contribution is 2.32. The zero-order valence-corrected chi connectivity index (χ0v) is 10.9. The molecule has 5 nitrogen and oxygen atoms in total. The normalized spacial score (nSPS) is 13.8. The van der Waals surface area contributed by atoms with Crippen molar-refractivity contribution in [1.29, 1.82) is 0 Å². The van der Waals surface area contributed by atoms with Crippen LogP contribution >= 0.6 is 0 Å². The van der Waals surface area contributed by atoms with Gasteiger partial charge in [-0.1, -0.05) is 12.1 Å². The number of hydrogen-bond acceptors (Lipinski definition) is 4. The fourth-order valence-corrected chi connectivity index (χ4v) is 2.16. The number of aryl methyl sites for hydroxylation is 1. The molecular weight excluding hydrogens is 244 g/mol. The Morgan fingerprint density at radius 1 is 1.26 bits per heavy atom. The number of carbonyl (C=O) groups is 1. The minimum Gasteiger partial charge on any atom is -0.491 e. The predicted octanol–water partition coefficient (Wildman–Crippen LogP) is 2.10. The van der Waals surface area contributed by atoms with E-state index < -0.39 is 0 Å². The molecule has 5 heteroatoms. The lowest BCUT2D eigenvalue weighted by Crippen LogP contribution is -2.19. The van der Waals surface area contributed by atoms with Gasteiger partial charge in [-0.2, -0.15) is 0 Å². The third-order valence-corrected chi connectivity index (χ3v) is 3.19. The molecule has 104 valence electrons. The van der Waals surface area contributed by atoms with Crippen molar-refractivity contribution in [2.45, 2.75) is 32.1 Å². The van der Waals surface area contributed by atoms with E-state index in [1.807, 2.05) is 18.2 Å². The van der Waals surface area contributed by atoms with E-state index in [-0.39, 0.29) is 5.91 Å². The van der Waals surface area contributed by atoms with Gasteiger partial charge in [0, 0.05) is 13.0 Å². The summed E-state index contributed by atoms with van der Waals surface area (Å²) in [6.07, 6.45) is 4.17. The Labute approximate surface area is 112 Å². The van der Waals surface area contributed by atoms with Crippen molar-refractivity contribution in [2.24, 2.45) is 0 Å². The van der Waals surface area contributed by atoms with Crippen molar-refractivity contribution >= 4 is 11.6 Å². The summed E-state index contributed by atoms with van der Waals surface area (Å²) in [5.41, 5.74) is 4.10. The molecule has 1 aromatic carbocycles. The summed E-state index contributed by atoms with van der Waals surface area (Å²) in [4.78, 5) is 11.4.